The lowest BCUT2D eigenvalue weighted by Gasteiger charge is -2.13. The van der Waals surface area contributed by atoms with Gasteiger partial charge in [0, 0.05) is 21.4 Å². The molecule has 0 fully saturated rings. The molecule has 0 aliphatic carbocycles. The summed E-state index contributed by atoms with van der Waals surface area (Å²) in [5.41, 5.74) is 2.31. The molecule has 0 heterocycles. The topological polar surface area (TPSA) is 61.4 Å². The summed E-state index contributed by atoms with van der Waals surface area (Å²) >= 11 is 17.1. The van der Waals surface area contributed by atoms with Gasteiger partial charge in [-0.3, -0.25) is 0 Å². The van der Waals surface area contributed by atoms with Crippen LogP contribution in [0.25, 0.3) is 0 Å². The normalized spacial score (nSPS) is 10.1. The van der Waals surface area contributed by atoms with E-state index in [1.165, 1.54) is 12.1 Å². The van der Waals surface area contributed by atoms with E-state index < -0.39 is 5.97 Å². The number of rotatable bonds is 3. The van der Waals surface area contributed by atoms with E-state index in [1.807, 2.05) is 6.92 Å². The molecule has 2 aromatic rings. The second-order valence-corrected chi connectivity index (χ2v) is 5.85. The van der Waals surface area contributed by atoms with Crippen LogP contribution in [-0.2, 0) is 0 Å². The molecule has 0 aliphatic heterocycles. The molecule has 0 unspecified atom stereocenters. The average Bonchev–Trinajstić information content (AvgIpc) is 2.39. The first-order valence-corrected chi connectivity index (χ1v) is 7.39. The van der Waals surface area contributed by atoms with Gasteiger partial charge in [-0.15, -0.1) is 0 Å². The molecular weight excluding hydrogens is 343 g/mol. The Morgan fingerprint density at radius 1 is 1.09 bits per heavy atom. The fourth-order valence-electron chi connectivity index (χ4n) is 1.80. The van der Waals surface area contributed by atoms with Crippen LogP contribution in [0.4, 0.5) is 11.4 Å². The molecule has 0 amide bonds. The highest BCUT2D eigenvalue weighted by Gasteiger charge is 2.08. The predicted molar refractivity (Wildman–Crippen MR) is 94.4 cm³/mol. The molecule has 2 aromatic carbocycles. The van der Waals surface area contributed by atoms with E-state index in [4.69, 9.17) is 40.5 Å². The SMILES string of the molecule is Cc1ccc(C(=O)O)cc1NC(=S)Nc1cc(Cl)cc(Cl)c1. The van der Waals surface area contributed by atoms with Crippen LogP contribution in [0, 0.1) is 6.92 Å². The molecule has 114 valence electrons. The molecule has 0 aliphatic rings. The Balaban J connectivity index is 2.15. The van der Waals surface area contributed by atoms with Crippen molar-refractivity contribution < 1.29 is 9.90 Å². The van der Waals surface area contributed by atoms with E-state index in [9.17, 15) is 4.79 Å². The summed E-state index contributed by atoms with van der Waals surface area (Å²) < 4.78 is 0. The number of anilines is 2. The number of carboxylic acids is 1. The van der Waals surface area contributed by atoms with Crippen molar-refractivity contribution in [1.82, 2.24) is 0 Å². The van der Waals surface area contributed by atoms with Gasteiger partial charge >= 0.3 is 5.97 Å². The number of thiocarbonyl (C=S) groups is 1. The van der Waals surface area contributed by atoms with Gasteiger partial charge in [-0.05, 0) is 55.0 Å². The monoisotopic (exact) mass is 354 g/mol. The van der Waals surface area contributed by atoms with Gasteiger partial charge in [0.15, 0.2) is 5.11 Å². The van der Waals surface area contributed by atoms with E-state index in [2.05, 4.69) is 10.6 Å². The van der Waals surface area contributed by atoms with Gasteiger partial charge in [0.25, 0.3) is 0 Å². The Hall–Kier alpha value is -1.82. The zero-order valence-corrected chi connectivity index (χ0v) is 13.8. The Morgan fingerprint density at radius 3 is 2.32 bits per heavy atom. The largest absolute Gasteiger partial charge is 0.478 e. The molecule has 0 radical (unpaired) electrons. The third kappa shape index (κ3) is 4.34. The quantitative estimate of drug-likeness (QED) is 0.690. The second kappa shape index (κ2) is 6.96. The molecule has 0 atom stereocenters. The van der Waals surface area contributed by atoms with Crippen molar-refractivity contribution in [2.24, 2.45) is 0 Å². The highest BCUT2D eigenvalue weighted by Crippen LogP contribution is 2.23. The minimum absolute atomic E-state index is 0.182. The minimum Gasteiger partial charge on any atom is -0.478 e. The van der Waals surface area contributed by atoms with Crippen molar-refractivity contribution >= 4 is 57.9 Å². The number of hydrogen-bond donors (Lipinski definition) is 3. The number of aromatic carboxylic acids is 1. The van der Waals surface area contributed by atoms with E-state index in [-0.39, 0.29) is 5.56 Å². The third-order valence-electron chi connectivity index (χ3n) is 2.85. The number of nitrogens with one attached hydrogen (secondary N) is 2. The molecule has 0 saturated heterocycles. The number of halogens is 2. The number of benzene rings is 2. The summed E-state index contributed by atoms with van der Waals surface area (Å²) in [6.07, 6.45) is 0. The van der Waals surface area contributed by atoms with Gasteiger partial charge in [-0.25, -0.2) is 4.79 Å². The minimum atomic E-state index is -0.997. The average molecular weight is 355 g/mol. The standard InChI is InChI=1S/C15H12Cl2N2O2S/c1-8-2-3-9(14(20)21)4-13(8)19-15(22)18-12-6-10(16)5-11(17)7-12/h2-7H,1H3,(H,20,21)(H2,18,19,22). The second-order valence-electron chi connectivity index (χ2n) is 4.57. The molecule has 7 heteroatoms. The number of carbonyl (C=O) groups is 1. The lowest BCUT2D eigenvalue weighted by atomic mass is 10.1. The van der Waals surface area contributed by atoms with Gasteiger partial charge in [0.1, 0.15) is 0 Å². The first kappa shape index (κ1) is 16.5. The lowest BCUT2D eigenvalue weighted by Crippen LogP contribution is -2.20. The van der Waals surface area contributed by atoms with E-state index in [1.54, 1.807) is 24.3 Å². The van der Waals surface area contributed by atoms with Crippen molar-refractivity contribution in [3.05, 3.63) is 57.6 Å². The maximum atomic E-state index is 11.0. The molecule has 0 spiro atoms. The fraction of sp³-hybridized carbons (Fsp3) is 0.0667. The third-order valence-corrected chi connectivity index (χ3v) is 3.49. The Bertz CT molecular complexity index is 730. The van der Waals surface area contributed by atoms with Crippen LogP contribution in [0.1, 0.15) is 15.9 Å². The molecule has 22 heavy (non-hydrogen) atoms. The number of carboxylic acid groups (broad SMARTS) is 1. The summed E-state index contributed by atoms with van der Waals surface area (Å²) in [5.74, 6) is -0.997. The Kier molecular flexibility index (Phi) is 5.24. The molecule has 2 rings (SSSR count). The lowest BCUT2D eigenvalue weighted by molar-refractivity contribution is 0.0697. The summed E-state index contributed by atoms with van der Waals surface area (Å²) in [6, 6.07) is 9.76. The van der Waals surface area contributed by atoms with Crippen molar-refractivity contribution in [3.8, 4) is 0 Å². The van der Waals surface area contributed by atoms with Crippen molar-refractivity contribution in [1.29, 1.82) is 0 Å². The maximum absolute atomic E-state index is 11.0. The number of hydrogen-bond acceptors (Lipinski definition) is 2. The summed E-state index contributed by atoms with van der Waals surface area (Å²) in [7, 11) is 0. The molecule has 3 N–H and O–H groups in total. The van der Waals surface area contributed by atoms with Crippen LogP contribution in [0.15, 0.2) is 36.4 Å². The van der Waals surface area contributed by atoms with Crippen LogP contribution in [-0.4, -0.2) is 16.2 Å². The van der Waals surface area contributed by atoms with Gasteiger partial charge < -0.3 is 15.7 Å². The van der Waals surface area contributed by atoms with E-state index >= 15 is 0 Å². The maximum Gasteiger partial charge on any atom is 0.335 e. The predicted octanol–water partition coefficient (Wildman–Crippen LogP) is 4.81. The van der Waals surface area contributed by atoms with Gasteiger partial charge in [0.05, 0.1) is 5.56 Å². The molecule has 4 nitrogen and oxygen atoms in total. The smallest absolute Gasteiger partial charge is 0.335 e. The van der Waals surface area contributed by atoms with Crippen LogP contribution in [0.3, 0.4) is 0 Å². The number of aryl methyl sites for hydroxylation is 1. The first-order valence-electron chi connectivity index (χ1n) is 6.23. The molecule has 0 aromatic heterocycles. The zero-order chi connectivity index (χ0) is 16.3. The van der Waals surface area contributed by atoms with Crippen molar-refractivity contribution in [2.45, 2.75) is 6.92 Å². The summed E-state index contributed by atoms with van der Waals surface area (Å²) in [5, 5.41) is 16.2. The van der Waals surface area contributed by atoms with Gasteiger partial charge in [-0.1, -0.05) is 29.3 Å². The van der Waals surface area contributed by atoms with Crippen molar-refractivity contribution in [3.63, 3.8) is 0 Å². The van der Waals surface area contributed by atoms with Crippen LogP contribution in [0.2, 0.25) is 10.0 Å². The van der Waals surface area contributed by atoms with Crippen LogP contribution >= 0.6 is 35.4 Å². The first-order chi connectivity index (χ1) is 10.3. The Morgan fingerprint density at radius 2 is 1.73 bits per heavy atom. The highest BCUT2D eigenvalue weighted by molar-refractivity contribution is 7.80. The van der Waals surface area contributed by atoms with E-state index in [0.717, 1.165) is 5.56 Å². The highest BCUT2D eigenvalue weighted by atomic mass is 35.5. The van der Waals surface area contributed by atoms with Gasteiger partial charge in [0.2, 0.25) is 0 Å². The van der Waals surface area contributed by atoms with Gasteiger partial charge in [-0.2, -0.15) is 0 Å². The summed E-state index contributed by atoms with van der Waals surface area (Å²) in [4.78, 5) is 11.0. The van der Waals surface area contributed by atoms with Crippen molar-refractivity contribution in [2.75, 3.05) is 10.6 Å². The molecular formula is C15H12Cl2N2O2S. The van der Waals surface area contributed by atoms with Crippen LogP contribution < -0.4 is 10.6 Å². The molecule has 0 bridgehead atoms. The fourth-order valence-corrected chi connectivity index (χ4v) is 2.55. The summed E-state index contributed by atoms with van der Waals surface area (Å²) in [6.45, 7) is 1.85. The van der Waals surface area contributed by atoms with E-state index in [0.29, 0.717) is 26.5 Å². The molecule has 0 saturated carbocycles. The van der Waals surface area contributed by atoms with Crippen LogP contribution in [0.5, 0.6) is 0 Å². The Labute approximate surface area is 143 Å². The zero-order valence-electron chi connectivity index (χ0n) is 11.5.